The minimum absolute atomic E-state index is 0.0396. The number of carbonyl (C=O) groups excluding carboxylic acids is 1. The van der Waals surface area contributed by atoms with E-state index in [1.807, 2.05) is 13.1 Å². The summed E-state index contributed by atoms with van der Waals surface area (Å²) < 4.78 is 3.56. The van der Waals surface area contributed by atoms with Gasteiger partial charge in [-0.15, -0.1) is 0 Å². The Hall–Kier alpha value is -2.44. The average molecular weight is 298 g/mol. The van der Waals surface area contributed by atoms with Crippen LogP contribution in [0.3, 0.4) is 0 Å². The van der Waals surface area contributed by atoms with Gasteiger partial charge in [-0.05, 0) is 17.9 Å². The fourth-order valence-corrected chi connectivity index (χ4v) is 3.47. The molecule has 0 bridgehead atoms. The van der Waals surface area contributed by atoms with Crippen LogP contribution in [0.4, 0.5) is 5.95 Å². The highest BCUT2D eigenvalue weighted by Gasteiger charge is 2.42. The van der Waals surface area contributed by atoms with Crippen LogP contribution in [0.15, 0.2) is 29.9 Å². The zero-order valence-corrected chi connectivity index (χ0v) is 12.9. The summed E-state index contributed by atoms with van der Waals surface area (Å²) in [4.78, 5) is 17.1. The highest BCUT2D eigenvalue weighted by atomic mass is 16.1. The van der Waals surface area contributed by atoms with E-state index in [1.165, 1.54) is 6.33 Å². The Labute approximate surface area is 128 Å². The van der Waals surface area contributed by atoms with Gasteiger partial charge in [0.2, 0.25) is 5.95 Å². The molecule has 0 fully saturated rings. The Morgan fingerprint density at radius 1 is 1.32 bits per heavy atom. The number of nitrogens with one attached hydrogen (secondary N) is 1. The second-order valence-corrected chi connectivity index (χ2v) is 6.77. The van der Waals surface area contributed by atoms with E-state index in [1.54, 1.807) is 15.6 Å². The molecule has 1 atom stereocenters. The van der Waals surface area contributed by atoms with Gasteiger partial charge in [0, 0.05) is 30.9 Å². The lowest BCUT2D eigenvalue weighted by atomic mass is 9.73. The molecule has 0 radical (unpaired) electrons. The molecule has 0 amide bonds. The highest BCUT2D eigenvalue weighted by Crippen LogP contribution is 2.44. The number of hydrogen-bond acceptors (Lipinski definition) is 5. The minimum atomic E-state index is -0.259. The first kappa shape index (κ1) is 13.2. The van der Waals surface area contributed by atoms with Crippen LogP contribution in [0.2, 0.25) is 0 Å². The molecule has 3 heterocycles. The number of carbonyl (C=O) groups is 1. The van der Waals surface area contributed by atoms with E-state index in [0.717, 1.165) is 23.4 Å². The number of aryl methyl sites for hydroxylation is 1. The van der Waals surface area contributed by atoms with Crippen molar-refractivity contribution in [3.63, 3.8) is 0 Å². The molecule has 2 aliphatic rings. The van der Waals surface area contributed by atoms with Gasteiger partial charge in [0.1, 0.15) is 12.4 Å². The Morgan fingerprint density at radius 2 is 2.14 bits per heavy atom. The van der Waals surface area contributed by atoms with Gasteiger partial charge in [0.05, 0.1) is 5.69 Å². The lowest BCUT2D eigenvalue weighted by Crippen LogP contribution is -2.37. The first-order valence-electron chi connectivity index (χ1n) is 7.37. The van der Waals surface area contributed by atoms with Crippen LogP contribution in [-0.2, 0) is 11.8 Å². The van der Waals surface area contributed by atoms with Crippen molar-refractivity contribution >= 4 is 11.7 Å². The van der Waals surface area contributed by atoms with E-state index in [4.69, 9.17) is 0 Å². The fourth-order valence-electron chi connectivity index (χ4n) is 3.47. The van der Waals surface area contributed by atoms with E-state index in [9.17, 15) is 4.79 Å². The van der Waals surface area contributed by atoms with Gasteiger partial charge in [-0.2, -0.15) is 15.2 Å². The Balaban J connectivity index is 1.93. The predicted octanol–water partition coefficient (Wildman–Crippen LogP) is 1.67. The molecule has 4 rings (SSSR count). The van der Waals surface area contributed by atoms with Gasteiger partial charge in [0.25, 0.3) is 0 Å². The van der Waals surface area contributed by atoms with Gasteiger partial charge >= 0.3 is 0 Å². The van der Waals surface area contributed by atoms with Crippen molar-refractivity contribution < 1.29 is 4.79 Å². The minimum Gasteiger partial charge on any atom is -0.328 e. The summed E-state index contributed by atoms with van der Waals surface area (Å²) in [6, 6.07) is 1.67. The molecule has 7 heteroatoms. The second kappa shape index (κ2) is 4.28. The molecule has 1 N–H and O–H groups in total. The highest BCUT2D eigenvalue weighted by molar-refractivity contribution is 5.99. The number of fused-ring (bicyclic) bond motifs is 1. The van der Waals surface area contributed by atoms with E-state index >= 15 is 0 Å². The predicted molar refractivity (Wildman–Crippen MR) is 80.0 cm³/mol. The topological polar surface area (TPSA) is 77.6 Å². The van der Waals surface area contributed by atoms with E-state index < -0.39 is 0 Å². The lowest BCUT2D eigenvalue weighted by molar-refractivity contribution is -0.118. The zero-order valence-electron chi connectivity index (χ0n) is 12.9. The van der Waals surface area contributed by atoms with E-state index in [2.05, 4.69) is 34.3 Å². The van der Waals surface area contributed by atoms with Crippen molar-refractivity contribution in [1.82, 2.24) is 24.5 Å². The maximum atomic E-state index is 12.8. The van der Waals surface area contributed by atoms with Crippen molar-refractivity contribution in [2.45, 2.75) is 32.7 Å². The quantitative estimate of drug-likeness (QED) is 0.866. The fraction of sp³-hybridized carbons (Fsp3) is 0.467. The molecule has 2 aromatic heterocycles. The maximum absolute atomic E-state index is 12.8. The van der Waals surface area contributed by atoms with Crippen molar-refractivity contribution in [3.8, 4) is 0 Å². The molecule has 22 heavy (non-hydrogen) atoms. The molecule has 1 aliphatic heterocycles. The smallest absolute Gasteiger partial charge is 0.226 e. The van der Waals surface area contributed by atoms with Crippen LogP contribution in [0.5, 0.6) is 0 Å². The van der Waals surface area contributed by atoms with Crippen molar-refractivity contribution in [2.24, 2.45) is 12.5 Å². The average Bonchev–Trinajstić information content (AvgIpc) is 3.03. The molecule has 114 valence electrons. The standard InChI is InChI=1S/C15H18N6O/c1-15(2)6-9-12(11(22)7-15)13(10-4-5-17-20(10)3)21-14(19-9)16-8-18-21/h4-5,8,13H,6-7H2,1-3H3,(H,16,18,19). The molecule has 0 aromatic carbocycles. The summed E-state index contributed by atoms with van der Waals surface area (Å²) in [6.45, 7) is 4.24. The third kappa shape index (κ3) is 1.81. The Bertz CT molecular complexity index is 797. The molecular formula is C15H18N6O. The van der Waals surface area contributed by atoms with E-state index in [0.29, 0.717) is 12.4 Å². The summed E-state index contributed by atoms with van der Waals surface area (Å²) in [5.74, 6) is 0.849. The third-order valence-electron chi connectivity index (χ3n) is 4.41. The molecular weight excluding hydrogens is 280 g/mol. The lowest BCUT2D eigenvalue weighted by Gasteiger charge is -2.38. The van der Waals surface area contributed by atoms with Gasteiger partial charge in [-0.3, -0.25) is 9.48 Å². The number of aromatic nitrogens is 5. The first-order chi connectivity index (χ1) is 10.5. The molecule has 2 aromatic rings. The summed E-state index contributed by atoms with van der Waals surface area (Å²) >= 11 is 0. The number of nitrogens with zero attached hydrogens (tertiary/aromatic N) is 5. The number of allylic oxidation sites excluding steroid dienone is 2. The molecule has 1 aliphatic carbocycles. The van der Waals surface area contributed by atoms with Crippen LogP contribution in [-0.4, -0.2) is 30.3 Å². The molecule has 7 nitrogen and oxygen atoms in total. The van der Waals surface area contributed by atoms with Crippen molar-refractivity contribution in [1.29, 1.82) is 0 Å². The second-order valence-electron chi connectivity index (χ2n) is 6.77. The largest absolute Gasteiger partial charge is 0.328 e. The van der Waals surface area contributed by atoms with Crippen molar-refractivity contribution in [2.75, 3.05) is 5.32 Å². The number of ketones is 1. The third-order valence-corrected chi connectivity index (χ3v) is 4.41. The Kier molecular flexibility index (Phi) is 2.58. The summed E-state index contributed by atoms with van der Waals surface area (Å²) in [5, 5.41) is 11.8. The molecule has 0 saturated carbocycles. The molecule has 0 saturated heterocycles. The molecule has 0 spiro atoms. The van der Waals surface area contributed by atoms with Crippen LogP contribution in [0.25, 0.3) is 0 Å². The zero-order chi connectivity index (χ0) is 15.5. The maximum Gasteiger partial charge on any atom is 0.226 e. The normalized spacial score (nSPS) is 23.0. The van der Waals surface area contributed by atoms with Crippen LogP contribution in [0.1, 0.15) is 38.4 Å². The number of rotatable bonds is 1. The number of hydrogen-bond donors (Lipinski definition) is 1. The van der Waals surface area contributed by atoms with Gasteiger partial charge in [-0.1, -0.05) is 13.8 Å². The van der Waals surface area contributed by atoms with Crippen LogP contribution < -0.4 is 5.32 Å². The Morgan fingerprint density at radius 3 is 2.86 bits per heavy atom. The molecule has 1 unspecified atom stereocenters. The van der Waals surface area contributed by atoms with Gasteiger partial charge in [-0.25, -0.2) is 4.68 Å². The number of anilines is 1. The van der Waals surface area contributed by atoms with Crippen molar-refractivity contribution in [3.05, 3.63) is 35.6 Å². The summed E-state index contributed by atoms with van der Waals surface area (Å²) in [6.07, 6.45) is 4.63. The number of Topliss-reactive ketones (excluding diaryl/α,β-unsaturated/α-hetero) is 1. The van der Waals surface area contributed by atoms with Gasteiger partial charge in [0.15, 0.2) is 5.78 Å². The van der Waals surface area contributed by atoms with Crippen LogP contribution in [0, 0.1) is 5.41 Å². The monoisotopic (exact) mass is 298 g/mol. The van der Waals surface area contributed by atoms with E-state index in [-0.39, 0.29) is 17.2 Å². The van der Waals surface area contributed by atoms with Gasteiger partial charge < -0.3 is 5.32 Å². The SMILES string of the molecule is Cn1nccc1C1C2=C(CC(C)(C)CC2=O)Nc2ncnn21. The summed E-state index contributed by atoms with van der Waals surface area (Å²) in [7, 11) is 1.88. The first-order valence-corrected chi connectivity index (χ1v) is 7.37. The summed E-state index contributed by atoms with van der Waals surface area (Å²) in [5.41, 5.74) is 2.66. The van der Waals surface area contributed by atoms with Crippen LogP contribution >= 0.6 is 0 Å².